The van der Waals surface area contributed by atoms with E-state index in [1.54, 1.807) is 25.8 Å². The van der Waals surface area contributed by atoms with Crippen LogP contribution < -0.4 is 5.73 Å². The molecular weight excluding hydrogens is 312 g/mol. The van der Waals surface area contributed by atoms with Crippen molar-refractivity contribution >= 4 is 28.2 Å². The molecule has 0 saturated heterocycles. The predicted molar refractivity (Wildman–Crippen MR) is 86.6 cm³/mol. The molecule has 0 bridgehead atoms. The summed E-state index contributed by atoms with van der Waals surface area (Å²) in [5.41, 5.74) is 5.98. The Balaban J connectivity index is 0.00000400. The molecule has 1 aromatic rings. The number of rotatable bonds is 5. The number of hydrogen-bond acceptors (Lipinski definition) is 4. The van der Waals surface area contributed by atoms with Crippen molar-refractivity contribution in [2.24, 2.45) is 5.73 Å². The maximum Gasteiger partial charge on any atom is 0.253 e. The van der Waals surface area contributed by atoms with Gasteiger partial charge in [-0.3, -0.25) is 4.79 Å². The summed E-state index contributed by atoms with van der Waals surface area (Å²) in [5.74, 6) is -0.170. The summed E-state index contributed by atoms with van der Waals surface area (Å²) < 4.78 is 24.0. The first-order chi connectivity index (χ1) is 9.21. The van der Waals surface area contributed by atoms with Gasteiger partial charge in [0.05, 0.1) is 10.1 Å². The Morgan fingerprint density at radius 2 is 1.67 bits per heavy atom. The lowest BCUT2D eigenvalue weighted by atomic mass is 10.2. The summed E-state index contributed by atoms with van der Waals surface area (Å²) in [6, 6.07) is 5.96. The van der Waals surface area contributed by atoms with Crippen LogP contribution in [0.25, 0.3) is 0 Å². The van der Waals surface area contributed by atoms with Gasteiger partial charge in [-0.1, -0.05) is 0 Å². The monoisotopic (exact) mass is 334 g/mol. The SMILES string of the molecule is CC(CN)N(C)C(=O)c1ccc(S(=O)(=O)C(C)C)cc1.Cl. The number of likely N-dealkylation sites (N-methyl/N-ethyl adjacent to an activating group) is 1. The Bertz CT molecular complexity index is 570. The van der Waals surface area contributed by atoms with Crippen LogP contribution in [0.2, 0.25) is 0 Å². The lowest BCUT2D eigenvalue weighted by Crippen LogP contribution is -2.39. The zero-order valence-electron chi connectivity index (χ0n) is 12.7. The van der Waals surface area contributed by atoms with Crippen LogP contribution in [0.5, 0.6) is 0 Å². The second-order valence-electron chi connectivity index (χ2n) is 5.12. The van der Waals surface area contributed by atoms with Crippen LogP contribution >= 0.6 is 12.4 Å². The van der Waals surface area contributed by atoms with E-state index in [0.29, 0.717) is 12.1 Å². The van der Waals surface area contributed by atoms with Crippen LogP contribution in [0.3, 0.4) is 0 Å². The number of hydrogen-bond donors (Lipinski definition) is 1. The number of carbonyl (C=O) groups excluding carboxylic acids is 1. The van der Waals surface area contributed by atoms with E-state index in [4.69, 9.17) is 5.73 Å². The van der Waals surface area contributed by atoms with Crippen LogP contribution in [-0.4, -0.2) is 44.1 Å². The van der Waals surface area contributed by atoms with Gasteiger partial charge < -0.3 is 10.6 Å². The minimum atomic E-state index is -3.31. The van der Waals surface area contributed by atoms with Crippen molar-refractivity contribution in [3.8, 4) is 0 Å². The smallest absolute Gasteiger partial charge is 0.253 e. The van der Waals surface area contributed by atoms with Crippen LogP contribution in [-0.2, 0) is 9.84 Å². The standard InChI is InChI=1S/C14H22N2O3S.ClH/c1-10(2)20(18,19)13-7-5-12(6-8-13)14(17)16(4)11(3)9-15;/h5-8,10-11H,9,15H2,1-4H3;1H. The fourth-order valence-electron chi connectivity index (χ4n) is 1.62. The molecule has 21 heavy (non-hydrogen) atoms. The minimum absolute atomic E-state index is 0. The van der Waals surface area contributed by atoms with Crippen LogP contribution in [0.4, 0.5) is 0 Å². The molecule has 0 radical (unpaired) electrons. The first kappa shape index (κ1) is 19.9. The lowest BCUT2D eigenvalue weighted by molar-refractivity contribution is 0.0748. The van der Waals surface area contributed by atoms with E-state index in [-0.39, 0.29) is 29.3 Å². The van der Waals surface area contributed by atoms with Gasteiger partial charge in [0.15, 0.2) is 9.84 Å². The van der Waals surface area contributed by atoms with Gasteiger partial charge in [0, 0.05) is 25.2 Å². The highest BCUT2D eigenvalue weighted by Gasteiger charge is 2.21. The maximum absolute atomic E-state index is 12.2. The fourth-order valence-corrected chi connectivity index (χ4v) is 2.68. The van der Waals surface area contributed by atoms with Crippen molar-refractivity contribution in [1.82, 2.24) is 4.90 Å². The summed E-state index contributed by atoms with van der Waals surface area (Å²) in [5, 5.41) is -0.482. The molecule has 0 aromatic heterocycles. The van der Waals surface area contributed by atoms with Crippen molar-refractivity contribution in [2.75, 3.05) is 13.6 Å². The number of halogens is 1. The third-order valence-electron chi connectivity index (χ3n) is 3.37. The number of amides is 1. The number of sulfone groups is 1. The van der Waals surface area contributed by atoms with E-state index in [2.05, 4.69) is 0 Å². The highest BCUT2D eigenvalue weighted by molar-refractivity contribution is 7.92. The van der Waals surface area contributed by atoms with Gasteiger partial charge in [-0.2, -0.15) is 0 Å². The van der Waals surface area contributed by atoms with Gasteiger partial charge in [-0.05, 0) is 45.0 Å². The van der Waals surface area contributed by atoms with Crippen molar-refractivity contribution in [2.45, 2.75) is 37.0 Å². The van der Waals surface area contributed by atoms with E-state index in [9.17, 15) is 13.2 Å². The van der Waals surface area contributed by atoms with E-state index >= 15 is 0 Å². The van der Waals surface area contributed by atoms with E-state index in [1.807, 2.05) is 6.92 Å². The highest BCUT2D eigenvalue weighted by Crippen LogP contribution is 2.17. The van der Waals surface area contributed by atoms with Gasteiger partial charge in [-0.25, -0.2) is 8.42 Å². The van der Waals surface area contributed by atoms with Gasteiger partial charge in [-0.15, -0.1) is 12.4 Å². The number of carbonyl (C=O) groups is 1. The molecule has 0 spiro atoms. The van der Waals surface area contributed by atoms with Crippen molar-refractivity contribution < 1.29 is 13.2 Å². The number of benzene rings is 1. The molecule has 0 fully saturated rings. The molecule has 1 aromatic carbocycles. The van der Waals surface area contributed by atoms with Crippen LogP contribution in [0.15, 0.2) is 29.2 Å². The molecule has 0 aliphatic rings. The molecule has 1 rings (SSSR count). The molecule has 0 aliphatic heterocycles. The Kier molecular flexibility index (Phi) is 7.36. The van der Waals surface area contributed by atoms with Gasteiger partial charge in [0.25, 0.3) is 5.91 Å². The summed E-state index contributed by atoms with van der Waals surface area (Å²) in [7, 11) is -1.63. The first-order valence-electron chi connectivity index (χ1n) is 6.53. The average molecular weight is 335 g/mol. The molecule has 1 unspecified atom stereocenters. The zero-order chi connectivity index (χ0) is 15.5. The molecule has 5 nitrogen and oxygen atoms in total. The summed E-state index contributed by atoms with van der Waals surface area (Å²) in [6.45, 7) is 5.49. The van der Waals surface area contributed by atoms with Gasteiger partial charge in [0.1, 0.15) is 0 Å². The number of nitrogens with zero attached hydrogens (tertiary/aromatic N) is 1. The second-order valence-corrected chi connectivity index (χ2v) is 7.62. The zero-order valence-corrected chi connectivity index (χ0v) is 14.4. The maximum atomic E-state index is 12.2. The second kappa shape index (κ2) is 7.77. The summed E-state index contributed by atoms with van der Waals surface area (Å²) in [4.78, 5) is 13.9. The average Bonchev–Trinajstić information content (AvgIpc) is 2.44. The predicted octanol–water partition coefficient (Wildman–Crippen LogP) is 1.71. The largest absolute Gasteiger partial charge is 0.338 e. The molecule has 120 valence electrons. The number of nitrogens with two attached hydrogens (primary N) is 1. The normalized spacial score (nSPS) is 12.7. The Hall–Kier alpha value is -1.11. The van der Waals surface area contributed by atoms with E-state index in [0.717, 1.165) is 0 Å². The minimum Gasteiger partial charge on any atom is -0.338 e. The third-order valence-corrected chi connectivity index (χ3v) is 5.54. The first-order valence-corrected chi connectivity index (χ1v) is 8.07. The molecule has 2 N–H and O–H groups in total. The van der Waals surface area contributed by atoms with Crippen molar-refractivity contribution in [3.63, 3.8) is 0 Å². The molecule has 0 saturated carbocycles. The van der Waals surface area contributed by atoms with Gasteiger partial charge in [0.2, 0.25) is 0 Å². The summed E-state index contributed by atoms with van der Waals surface area (Å²) in [6.07, 6.45) is 0. The topological polar surface area (TPSA) is 80.5 Å². The van der Waals surface area contributed by atoms with E-state index in [1.165, 1.54) is 24.3 Å². The van der Waals surface area contributed by atoms with Gasteiger partial charge >= 0.3 is 0 Å². The quantitative estimate of drug-likeness (QED) is 0.888. The third kappa shape index (κ3) is 4.43. The molecule has 0 aliphatic carbocycles. The Morgan fingerprint density at radius 1 is 1.19 bits per heavy atom. The van der Waals surface area contributed by atoms with Crippen LogP contribution in [0, 0.1) is 0 Å². The summed E-state index contributed by atoms with van der Waals surface area (Å²) >= 11 is 0. The molecular formula is C14H23ClN2O3S. The molecule has 1 atom stereocenters. The van der Waals surface area contributed by atoms with Crippen LogP contribution in [0.1, 0.15) is 31.1 Å². The Labute approximate surface area is 132 Å². The van der Waals surface area contributed by atoms with Crippen molar-refractivity contribution in [1.29, 1.82) is 0 Å². The molecule has 1 amide bonds. The fraction of sp³-hybridized carbons (Fsp3) is 0.500. The van der Waals surface area contributed by atoms with Crippen molar-refractivity contribution in [3.05, 3.63) is 29.8 Å². The van der Waals surface area contributed by atoms with E-state index < -0.39 is 15.1 Å². The molecule has 0 heterocycles. The molecule has 7 heteroatoms. The Morgan fingerprint density at radius 3 is 2.05 bits per heavy atom. The lowest BCUT2D eigenvalue weighted by Gasteiger charge is -2.23. The highest BCUT2D eigenvalue weighted by atomic mass is 35.5.